The van der Waals surface area contributed by atoms with Crippen LogP contribution in [0.2, 0.25) is 0 Å². The van der Waals surface area contributed by atoms with E-state index in [1.54, 1.807) is 0 Å². The van der Waals surface area contributed by atoms with Crippen LogP contribution in [0.5, 0.6) is 0 Å². The Hall–Kier alpha value is -0.160. The monoisotopic (exact) mass is 284 g/mol. The first-order valence-electron chi connectivity index (χ1n) is 8.45. The van der Waals surface area contributed by atoms with E-state index in [0.717, 1.165) is 12.5 Å². The minimum atomic E-state index is 0.849. The van der Waals surface area contributed by atoms with E-state index in [4.69, 9.17) is 5.73 Å². The predicted molar refractivity (Wildman–Crippen MR) is 88.1 cm³/mol. The van der Waals surface area contributed by atoms with E-state index in [1.165, 1.54) is 71.5 Å². The Labute approximate surface area is 126 Å². The molecule has 0 spiro atoms. The Morgan fingerprint density at radius 2 is 1.60 bits per heavy atom. The van der Waals surface area contributed by atoms with Gasteiger partial charge in [-0.25, -0.2) is 0 Å². The fourth-order valence-electron chi connectivity index (χ4n) is 2.97. The Kier molecular flexibility index (Phi) is 9.44. The van der Waals surface area contributed by atoms with Gasteiger partial charge in [-0.05, 0) is 52.4 Å². The molecule has 1 rings (SSSR count). The Morgan fingerprint density at radius 1 is 1.00 bits per heavy atom. The number of hydrogen-bond donors (Lipinski definition) is 1. The second kappa shape index (κ2) is 10.6. The molecule has 0 aromatic rings. The molecule has 1 aliphatic rings. The summed E-state index contributed by atoms with van der Waals surface area (Å²) in [6, 6.07) is 0. The van der Waals surface area contributed by atoms with E-state index in [2.05, 4.69) is 35.7 Å². The lowest BCUT2D eigenvalue weighted by Gasteiger charge is -2.35. The van der Waals surface area contributed by atoms with Gasteiger partial charge in [-0.3, -0.25) is 4.90 Å². The zero-order chi connectivity index (χ0) is 14.8. The molecule has 0 bridgehead atoms. The van der Waals surface area contributed by atoms with Crippen molar-refractivity contribution in [3.8, 4) is 0 Å². The van der Waals surface area contributed by atoms with Gasteiger partial charge in [-0.15, -0.1) is 0 Å². The fraction of sp³-hybridized carbons (Fsp3) is 1.00. The Bertz CT molecular complexity index is 225. The summed E-state index contributed by atoms with van der Waals surface area (Å²) >= 11 is 0. The van der Waals surface area contributed by atoms with Gasteiger partial charge >= 0.3 is 0 Å². The molecule has 0 aliphatic carbocycles. The van der Waals surface area contributed by atoms with E-state index in [0.29, 0.717) is 0 Å². The van der Waals surface area contributed by atoms with Crippen LogP contribution in [-0.2, 0) is 0 Å². The van der Waals surface area contributed by atoms with Gasteiger partial charge in [0, 0.05) is 39.3 Å². The predicted octanol–water partition coefficient (Wildman–Crippen LogP) is 1.32. The second-order valence-electron chi connectivity index (χ2n) is 6.48. The lowest BCUT2D eigenvalue weighted by Crippen LogP contribution is -2.48. The summed E-state index contributed by atoms with van der Waals surface area (Å²) in [5.74, 6) is 0.849. The summed E-state index contributed by atoms with van der Waals surface area (Å²) in [5.41, 5.74) is 5.67. The molecule has 1 aliphatic heterocycles. The first kappa shape index (κ1) is 17.9. The molecule has 0 radical (unpaired) electrons. The number of hydrogen-bond acceptors (Lipinski definition) is 4. The molecular weight excluding hydrogens is 248 g/mol. The Balaban J connectivity index is 2.07. The molecule has 0 amide bonds. The van der Waals surface area contributed by atoms with Gasteiger partial charge in [-0.2, -0.15) is 0 Å². The molecular formula is C16H36N4. The number of likely N-dealkylation sites (N-methyl/N-ethyl adjacent to an activating group) is 1. The highest BCUT2D eigenvalue weighted by Gasteiger charge is 2.16. The normalized spacial score (nSPS) is 19.6. The molecule has 4 heteroatoms. The lowest BCUT2D eigenvalue weighted by molar-refractivity contribution is 0.122. The van der Waals surface area contributed by atoms with E-state index in [1.807, 2.05) is 0 Å². The summed E-state index contributed by atoms with van der Waals surface area (Å²) in [6.45, 7) is 11.8. The van der Waals surface area contributed by atoms with Gasteiger partial charge in [0.25, 0.3) is 0 Å². The summed E-state index contributed by atoms with van der Waals surface area (Å²) in [7, 11) is 4.31. The fourth-order valence-corrected chi connectivity index (χ4v) is 2.97. The molecule has 1 unspecified atom stereocenters. The quantitative estimate of drug-likeness (QED) is 0.656. The third kappa shape index (κ3) is 7.58. The van der Waals surface area contributed by atoms with Gasteiger partial charge in [-0.1, -0.05) is 13.3 Å². The summed E-state index contributed by atoms with van der Waals surface area (Å²) in [6.07, 6.45) is 5.19. The molecule has 0 aromatic heterocycles. The lowest BCUT2D eigenvalue weighted by atomic mass is 9.96. The van der Waals surface area contributed by atoms with Crippen LogP contribution in [0.3, 0.4) is 0 Å². The smallest absolute Gasteiger partial charge is 0.0110 e. The number of rotatable bonds is 10. The molecule has 0 aromatic carbocycles. The highest BCUT2D eigenvalue weighted by atomic mass is 15.3. The van der Waals surface area contributed by atoms with Crippen molar-refractivity contribution in [1.82, 2.24) is 14.7 Å². The van der Waals surface area contributed by atoms with Crippen molar-refractivity contribution in [3.63, 3.8) is 0 Å². The van der Waals surface area contributed by atoms with Crippen molar-refractivity contribution in [3.05, 3.63) is 0 Å². The van der Waals surface area contributed by atoms with Crippen LogP contribution in [-0.4, -0.2) is 81.2 Å². The second-order valence-corrected chi connectivity index (χ2v) is 6.48. The maximum atomic E-state index is 5.67. The van der Waals surface area contributed by atoms with Crippen molar-refractivity contribution in [1.29, 1.82) is 0 Å². The van der Waals surface area contributed by atoms with Crippen LogP contribution < -0.4 is 5.73 Å². The van der Waals surface area contributed by atoms with Crippen molar-refractivity contribution in [2.45, 2.75) is 32.6 Å². The summed E-state index contributed by atoms with van der Waals surface area (Å²) in [4.78, 5) is 7.51. The van der Waals surface area contributed by atoms with Gasteiger partial charge < -0.3 is 15.5 Å². The molecule has 1 fully saturated rings. The number of piperazine rings is 1. The third-order valence-electron chi connectivity index (χ3n) is 4.57. The highest BCUT2D eigenvalue weighted by molar-refractivity contribution is 4.73. The van der Waals surface area contributed by atoms with Crippen molar-refractivity contribution in [2.24, 2.45) is 11.7 Å². The number of nitrogens with two attached hydrogens (primary N) is 1. The third-order valence-corrected chi connectivity index (χ3v) is 4.57. The largest absolute Gasteiger partial charge is 0.330 e. The van der Waals surface area contributed by atoms with Gasteiger partial charge in [0.05, 0.1) is 0 Å². The maximum absolute atomic E-state index is 5.67. The SMILES string of the molecule is CCC(CCN)CCCN1CCN(CCN(C)C)CC1. The van der Waals surface area contributed by atoms with Gasteiger partial charge in [0.1, 0.15) is 0 Å². The van der Waals surface area contributed by atoms with E-state index < -0.39 is 0 Å². The zero-order valence-electron chi connectivity index (χ0n) is 14.0. The average Bonchev–Trinajstić information content (AvgIpc) is 2.45. The van der Waals surface area contributed by atoms with Crippen LogP contribution in [0.1, 0.15) is 32.6 Å². The van der Waals surface area contributed by atoms with Crippen molar-refractivity contribution >= 4 is 0 Å². The number of nitrogens with zero attached hydrogens (tertiary/aromatic N) is 3. The molecule has 1 saturated heterocycles. The van der Waals surface area contributed by atoms with Crippen molar-refractivity contribution in [2.75, 3.05) is 66.5 Å². The van der Waals surface area contributed by atoms with Crippen LogP contribution in [0.25, 0.3) is 0 Å². The molecule has 4 nitrogen and oxygen atoms in total. The van der Waals surface area contributed by atoms with E-state index in [9.17, 15) is 0 Å². The molecule has 20 heavy (non-hydrogen) atoms. The van der Waals surface area contributed by atoms with Crippen LogP contribution >= 0.6 is 0 Å². The molecule has 1 atom stereocenters. The average molecular weight is 284 g/mol. The topological polar surface area (TPSA) is 35.7 Å². The summed E-state index contributed by atoms with van der Waals surface area (Å²) in [5, 5.41) is 0. The van der Waals surface area contributed by atoms with Crippen LogP contribution in [0, 0.1) is 5.92 Å². The van der Waals surface area contributed by atoms with E-state index in [-0.39, 0.29) is 0 Å². The maximum Gasteiger partial charge on any atom is 0.0110 e. The molecule has 2 N–H and O–H groups in total. The minimum absolute atomic E-state index is 0.849. The first-order valence-corrected chi connectivity index (χ1v) is 8.45. The minimum Gasteiger partial charge on any atom is -0.330 e. The first-order chi connectivity index (χ1) is 9.65. The molecule has 120 valence electrons. The van der Waals surface area contributed by atoms with Crippen molar-refractivity contribution < 1.29 is 0 Å². The van der Waals surface area contributed by atoms with Gasteiger partial charge in [0.15, 0.2) is 0 Å². The molecule has 0 saturated carbocycles. The van der Waals surface area contributed by atoms with Gasteiger partial charge in [0.2, 0.25) is 0 Å². The Morgan fingerprint density at radius 3 is 2.10 bits per heavy atom. The zero-order valence-corrected chi connectivity index (χ0v) is 14.0. The highest BCUT2D eigenvalue weighted by Crippen LogP contribution is 2.15. The summed E-state index contributed by atoms with van der Waals surface area (Å²) < 4.78 is 0. The standard InChI is InChI=1S/C16H36N4/c1-4-16(7-8-17)6-5-9-19-12-14-20(15-13-19)11-10-18(2)3/h16H,4-15,17H2,1-3H3. The van der Waals surface area contributed by atoms with E-state index >= 15 is 0 Å². The van der Waals surface area contributed by atoms with Crippen LogP contribution in [0.4, 0.5) is 0 Å². The molecule has 1 heterocycles. The van der Waals surface area contributed by atoms with Crippen LogP contribution in [0.15, 0.2) is 0 Å².